The number of rotatable bonds is 4. The molecule has 30 heavy (non-hydrogen) atoms. The third-order valence-electron chi connectivity index (χ3n) is 7.92. The second kappa shape index (κ2) is 9.28. The standard InChI is InChI=1S/C26H32F4/c1-2-16-3-5-17(6-4-16)18-7-9-19(10-8-18)20-11-12-22(23(27)13-20)21-14-24(28)26(30)25(29)15-21/h11-14,16-19,25H,2-10,15H2,1H3. The fourth-order valence-electron chi connectivity index (χ4n) is 5.94. The van der Waals surface area contributed by atoms with Gasteiger partial charge in [-0.3, -0.25) is 0 Å². The molecule has 2 saturated carbocycles. The summed E-state index contributed by atoms with van der Waals surface area (Å²) in [5, 5.41) is 0. The Balaban J connectivity index is 1.38. The van der Waals surface area contributed by atoms with Crippen molar-refractivity contribution in [3.8, 4) is 0 Å². The molecule has 3 aliphatic rings. The van der Waals surface area contributed by atoms with Gasteiger partial charge in [0.25, 0.3) is 0 Å². The van der Waals surface area contributed by atoms with Gasteiger partial charge in [-0.25, -0.2) is 17.6 Å². The lowest BCUT2D eigenvalue weighted by Crippen LogP contribution is -2.25. The van der Waals surface area contributed by atoms with Crippen LogP contribution in [0.2, 0.25) is 0 Å². The highest BCUT2D eigenvalue weighted by molar-refractivity contribution is 5.70. The van der Waals surface area contributed by atoms with Gasteiger partial charge < -0.3 is 0 Å². The molecule has 0 radical (unpaired) electrons. The Morgan fingerprint density at radius 1 is 0.867 bits per heavy atom. The summed E-state index contributed by atoms with van der Waals surface area (Å²) >= 11 is 0. The Morgan fingerprint density at radius 2 is 1.50 bits per heavy atom. The molecular formula is C26H32F4. The van der Waals surface area contributed by atoms with E-state index in [9.17, 15) is 17.6 Å². The number of benzene rings is 1. The van der Waals surface area contributed by atoms with Gasteiger partial charge in [-0.1, -0.05) is 38.3 Å². The molecule has 1 atom stereocenters. The van der Waals surface area contributed by atoms with Gasteiger partial charge in [0.15, 0.2) is 17.8 Å². The van der Waals surface area contributed by atoms with Crippen molar-refractivity contribution in [3.05, 3.63) is 52.9 Å². The number of allylic oxidation sites excluding steroid dienone is 4. The Hall–Kier alpha value is -1.58. The van der Waals surface area contributed by atoms with E-state index >= 15 is 0 Å². The van der Waals surface area contributed by atoms with E-state index in [1.165, 1.54) is 51.0 Å². The summed E-state index contributed by atoms with van der Waals surface area (Å²) in [6, 6.07) is 5.02. The van der Waals surface area contributed by atoms with Crippen LogP contribution in [-0.2, 0) is 0 Å². The topological polar surface area (TPSA) is 0 Å². The zero-order valence-electron chi connectivity index (χ0n) is 17.8. The summed E-state index contributed by atoms with van der Waals surface area (Å²) in [6.07, 6.45) is 9.92. The Morgan fingerprint density at radius 3 is 2.07 bits per heavy atom. The van der Waals surface area contributed by atoms with Crippen LogP contribution in [0, 0.1) is 23.6 Å². The molecule has 164 valence electrons. The summed E-state index contributed by atoms with van der Waals surface area (Å²) in [5.41, 5.74) is 1.32. The first kappa shape index (κ1) is 21.6. The minimum Gasteiger partial charge on any atom is -0.239 e. The van der Waals surface area contributed by atoms with E-state index in [2.05, 4.69) is 6.92 Å². The average Bonchev–Trinajstić information content (AvgIpc) is 2.77. The molecule has 0 bridgehead atoms. The second-order valence-corrected chi connectivity index (χ2v) is 9.58. The predicted molar refractivity (Wildman–Crippen MR) is 114 cm³/mol. The van der Waals surface area contributed by atoms with Crippen LogP contribution in [0.4, 0.5) is 17.6 Å². The Labute approximate surface area is 177 Å². The van der Waals surface area contributed by atoms with Crippen molar-refractivity contribution >= 4 is 5.57 Å². The first-order valence-corrected chi connectivity index (χ1v) is 11.7. The van der Waals surface area contributed by atoms with Crippen molar-refractivity contribution in [3.63, 3.8) is 0 Å². The van der Waals surface area contributed by atoms with Gasteiger partial charge in [-0.05, 0) is 85.5 Å². The number of halogens is 4. The van der Waals surface area contributed by atoms with Gasteiger partial charge in [0.1, 0.15) is 5.82 Å². The summed E-state index contributed by atoms with van der Waals surface area (Å²) in [6.45, 7) is 2.30. The van der Waals surface area contributed by atoms with Gasteiger partial charge in [0, 0.05) is 12.0 Å². The van der Waals surface area contributed by atoms with Crippen LogP contribution in [0.1, 0.15) is 88.2 Å². The molecule has 0 spiro atoms. The van der Waals surface area contributed by atoms with E-state index in [0.717, 1.165) is 42.2 Å². The molecule has 0 heterocycles. The zero-order chi connectivity index (χ0) is 21.3. The highest BCUT2D eigenvalue weighted by Crippen LogP contribution is 2.45. The average molecular weight is 421 g/mol. The normalized spacial score (nSPS) is 32.8. The van der Waals surface area contributed by atoms with E-state index in [1.807, 2.05) is 6.07 Å². The largest absolute Gasteiger partial charge is 0.239 e. The fraction of sp³-hybridized carbons (Fsp3) is 0.615. The summed E-state index contributed by atoms with van der Waals surface area (Å²) in [5.74, 6) is -0.160. The summed E-state index contributed by atoms with van der Waals surface area (Å²) in [4.78, 5) is 0. The van der Waals surface area contributed by atoms with Crippen molar-refractivity contribution in [2.24, 2.45) is 17.8 Å². The molecule has 0 aromatic heterocycles. The second-order valence-electron chi connectivity index (χ2n) is 9.58. The first-order chi connectivity index (χ1) is 14.5. The van der Waals surface area contributed by atoms with Crippen LogP contribution in [0.15, 0.2) is 35.9 Å². The number of hydrogen-bond acceptors (Lipinski definition) is 0. The zero-order valence-corrected chi connectivity index (χ0v) is 17.8. The Bertz CT molecular complexity index is 808. The molecule has 0 N–H and O–H groups in total. The molecule has 1 aromatic rings. The third kappa shape index (κ3) is 4.53. The monoisotopic (exact) mass is 420 g/mol. The molecule has 0 amide bonds. The minimum absolute atomic E-state index is 0.172. The lowest BCUT2D eigenvalue weighted by Gasteiger charge is -2.38. The predicted octanol–water partition coefficient (Wildman–Crippen LogP) is 8.59. The maximum atomic E-state index is 14.8. The van der Waals surface area contributed by atoms with Crippen LogP contribution in [0.3, 0.4) is 0 Å². The molecule has 0 aliphatic heterocycles. The van der Waals surface area contributed by atoms with E-state index in [-0.39, 0.29) is 17.6 Å². The van der Waals surface area contributed by atoms with Crippen molar-refractivity contribution in [1.29, 1.82) is 0 Å². The quantitative estimate of drug-likeness (QED) is 0.428. The number of hydrogen-bond donors (Lipinski definition) is 0. The molecule has 4 rings (SSSR count). The third-order valence-corrected chi connectivity index (χ3v) is 7.92. The van der Waals surface area contributed by atoms with Crippen molar-refractivity contribution in [1.82, 2.24) is 0 Å². The van der Waals surface area contributed by atoms with Gasteiger partial charge in [-0.15, -0.1) is 0 Å². The van der Waals surface area contributed by atoms with Crippen molar-refractivity contribution in [2.45, 2.75) is 83.2 Å². The van der Waals surface area contributed by atoms with Crippen LogP contribution in [-0.4, -0.2) is 6.17 Å². The van der Waals surface area contributed by atoms with E-state index in [0.29, 0.717) is 5.92 Å². The van der Waals surface area contributed by atoms with E-state index < -0.39 is 23.6 Å². The lowest BCUT2D eigenvalue weighted by atomic mass is 9.68. The molecule has 1 unspecified atom stereocenters. The van der Waals surface area contributed by atoms with Crippen LogP contribution in [0.25, 0.3) is 5.57 Å². The maximum Gasteiger partial charge on any atom is 0.170 e. The maximum absolute atomic E-state index is 14.8. The van der Waals surface area contributed by atoms with Gasteiger partial charge in [-0.2, -0.15) is 0 Å². The SMILES string of the molecule is CCC1CCC(C2CCC(c3ccc(C4=CC(F)=C(F)C(F)C4)c(F)c3)CC2)CC1. The molecular weight excluding hydrogens is 388 g/mol. The molecule has 0 nitrogen and oxygen atoms in total. The summed E-state index contributed by atoms with van der Waals surface area (Å²) < 4.78 is 55.3. The number of alkyl halides is 1. The van der Waals surface area contributed by atoms with Gasteiger partial charge >= 0.3 is 0 Å². The lowest BCUT2D eigenvalue weighted by molar-refractivity contribution is 0.158. The molecule has 3 aliphatic carbocycles. The van der Waals surface area contributed by atoms with Crippen LogP contribution >= 0.6 is 0 Å². The van der Waals surface area contributed by atoms with Crippen LogP contribution in [0.5, 0.6) is 0 Å². The molecule has 0 saturated heterocycles. The van der Waals surface area contributed by atoms with Crippen molar-refractivity contribution < 1.29 is 17.6 Å². The van der Waals surface area contributed by atoms with E-state index in [4.69, 9.17) is 0 Å². The highest BCUT2D eigenvalue weighted by Gasteiger charge is 2.31. The Kier molecular flexibility index (Phi) is 6.69. The highest BCUT2D eigenvalue weighted by atomic mass is 19.2. The molecule has 2 fully saturated rings. The van der Waals surface area contributed by atoms with E-state index in [1.54, 1.807) is 6.07 Å². The minimum atomic E-state index is -2.04. The van der Waals surface area contributed by atoms with Crippen LogP contribution < -0.4 is 0 Å². The fourth-order valence-corrected chi connectivity index (χ4v) is 5.94. The molecule has 1 aromatic carbocycles. The van der Waals surface area contributed by atoms with Crippen molar-refractivity contribution in [2.75, 3.05) is 0 Å². The first-order valence-electron chi connectivity index (χ1n) is 11.7. The summed E-state index contributed by atoms with van der Waals surface area (Å²) in [7, 11) is 0. The van der Waals surface area contributed by atoms with Gasteiger partial charge in [0.2, 0.25) is 0 Å². The molecule has 4 heteroatoms. The smallest absolute Gasteiger partial charge is 0.170 e. The van der Waals surface area contributed by atoms with Gasteiger partial charge in [0.05, 0.1) is 0 Å².